The maximum atomic E-state index is 13.6. The number of carbonyl (C=O) groups excluding carboxylic acids is 1. The topological polar surface area (TPSA) is 64.7 Å². The highest BCUT2D eigenvalue weighted by atomic mass is 19.1. The second kappa shape index (κ2) is 6.74. The molecule has 0 atom stereocenters. The third kappa shape index (κ3) is 3.02. The van der Waals surface area contributed by atoms with Crippen LogP contribution in [0.25, 0.3) is 21.9 Å². The number of nitrogens with one attached hydrogen (secondary N) is 1. The van der Waals surface area contributed by atoms with E-state index in [1.165, 1.54) is 6.07 Å². The maximum Gasteiger partial charge on any atom is 0.252 e. The lowest BCUT2D eigenvalue weighted by molar-refractivity contribution is 0.0955. The molecule has 6 nitrogen and oxygen atoms in total. The highest BCUT2D eigenvalue weighted by Gasteiger charge is 2.17. The van der Waals surface area contributed by atoms with Crippen LogP contribution in [-0.2, 0) is 20.5 Å². The monoisotopic (exact) mass is 379 g/mol. The van der Waals surface area contributed by atoms with Crippen molar-refractivity contribution in [2.45, 2.75) is 20.3 Å². The molecule has 144 valence electrons. The fraction of sp³-hybridized carbons (Fsp3) is 0.286. The molecular formula is C21H22FN5O. The first-order valence-corrected chi connectivity index (χ1v) is 9.17. The number of hydrogen-bond donors (Lipinski definition) is 1. The summed E-state index contributed by atoms with van der Waals surface area (Å²) < 4.78 is 17.3. The van der Waals surface area contributed by atoms with Crippen LogP contribution in [0.3, 0.4) is 0 Å². The number of fused-ring (bicyclic) bond motifs is 2. The van der Waals surface area contributed by atoms with Crippen LogP contribution < -0.4 is 5.32 Å². The first-order chi connectivity index (χ1) is 13.3. The molecule has 0 aliphatic rings. The summed E-state index contributed by atoms with van der Waals surface area (Å²) >= 11 is 0. The first kappa shape index (κ1) is 18.2. The average molecular weight is 379 g/mol. The molecule has 0 radical (unpaired) electrons. The molecule has 0 saturated carbocycles. The molecule has 4 aromatic rings. The van der Waals surface area contributed by atoms with Crippen molar-refractivity contribution < 1.29 is 9.18 Å². The van der Waals surface area contributed by atoms with Crippen LogP contribution in [0.2, 0.25) is 0 Å². The van der Waals surface area contributed by atoms with Crippen molar-refractivity contribution in [2.24, 2.45) is 14.1 Å². The minimum Gasteiger partial charge on any atom is -0.352 e. The van der Waals surface area contributed by atoms with Gasteiger partial charge in [0.15, 0.2) is 5.65 Å². The maximum absolute atomic E-state index is 13.6. The van der Waals surface area contributed by atoms with E-state index in [-0.39, 0.29) is 11.7 Å². The predicted molar refractivity (Wildman–Crippen MR) is 107 cm³/mol. The first-order valence-electron chi connectivity index (χ1n) is 9.17. The zero-order valence-corrected chi connectivity index (χ0v) is 16.4. The van der Waals surface area contributed by atoms with Gasteiger partial charge in [0.25, 0.3) is 5.91 Å². The Morgan fingerprint density at radius 1 is 1.21 bits per heavy atom. The number of aryl methyl sites for hydroxylation is 4. The summed E-state index contributed by atoms with van der Waals surface area (Å²) in [4.78, 5) is 17.3. The summed E-state index contributed by atoms with van der Waals surface area (Å²) in [7, 11) is 3.76. The molecule has 7 heteroatoms. The van der Waals surface area contributed by atoms with E-state index in [4.69, 9.17) is 0 Å². The molecule has 0 saturated heterocycles. The molecule has 0 bridgehead atoms. The van der Waals surface area contributed by atoms with Crippen LogP contribution in [0.15, 0.2) is 30.5 Å². The van der Waals surface area contributed by atoms with Gasteiger partial charge in [-0.05, 0) is 50.1 Å². The second-order valence-corrected chi connectivity index (χ2v) is 7.15. The van der Waals surface area contributed by atoms with Crippen LogP contribution in [0.1, 0.15) is 27.3 Å². The standard InChI is InChI=1S/C21H22FN5O/c1-12-9-17(19-13(2)25-27(4)20(19)24-12)21(28)23-8-7-14-11-26(3)18-6-5-15(22)10-16(14)18/h5-6,9-11H,7-8H2,1-4H3,(H,23,28). The third-order valence-electron chi connectivity index (χ3n) is 5.06. The summed E-state index contributed by atoms with van der Waals surface area (Å²) in [5.74, 6) is -0.413. The third-order valence-corrected chi connectivity index (χ3v) is 5.06. The van der Waals surface area contributed by atoms with Gasteiger partial charge >= 0.3 is 0 Å². The quantitative estimate of drug-likeness (QED) is 0.592. The number of halogens is 1. The van der Waals surface area contributed by atoms with Crippen molar-refractivity contribution >= 4 is 27.8 Å². The number of hydrogen-bond acceptors (Lipinski definition) is 3. The smallest absolute Gasteiger partial charge is 0.252 e. The average Bonchev–Trinajstić information content (AvgIpc) is 3.10. The second-order valence-electron chi connectivity index (χ2n) is 7.15. The lowest BCUT2D eigenvalue weighted by atomic mass is 10.1. The number of amides is 1. The summed E-state index contributed by atoms with van der Waals surface area (Å²) in [5.41, 5.74) is 4.81. The number of pyridine rings is 1. The summed E-state index contributed by atoms with van der Waals surface area (Å²) in [6, 6.07) is 6.57. The Morgan fingerprint density at radius 3 is 2.79 bits per heavy atom. The largest absolute Gasteiger partial charge is 0.352 e. The molecule has 0 fully saturated rings. The van der Waals surface area contributed by atoms with Crippen molar-refractivity contribution in [1.82, 2.24) is 24.6 Å². The van der Waals surface area contributed by atoms with Gasteiger partial charge in [0.2, 0.25) is 0 Å². The Bertz CT molecular complexity index is 1220. The van der Waals surface area contributed by atoms with E-state index in [9.17, 15) is 9.18 Å². The fourth-order valence-corrected chi connectivity index (χ4v) is 3.80. The lowest BCUT2D eigenvalue weighted by Gasteiger charge is -2.08. The Morgan fingerprint density at radius 2 is 2.00 bits per heavy atom. The Balaban J connectivity index is 1.56. The van der Waals surface area contributed by atoms with E-state index >= 15 is 0 Å². The molecular weight excluding hydrogens is 357 g/mol. The number of carbonyl (C=O) groups is 1. The van der Waals surface area contributed by atoms with Gasteiger partial charge in [-0.3, -0.25) is 9.48 Å². The van der Waals surface area contributed by atoms with Crippen molar-refractivity contribution in [3.8, 4) is 0 Å². The van der Waals surface area contributed by atoms with Gasteiger partial charge in [-0.2, -0.15) is 5.10 Å². The number of aromatic nitrogens is 4. The van der Waals surface area contributed by atoms with Crippen molar-refractivity contribution in [1.29, 1.82) is 0 Å². The summed E-state index contributed by atoms with van der Waals surface area (Å²) in [6.45, 7) is 4.20. The van der Waals surface area contributed by atoms with E-state index in [2.05, 4.69) is 15.4 Å². The SMILES string of the molecule is Cc1cc(C(=O)NCCc2cn(C)c3ccc(F)cc23)c2c(C)nn(C)c2n1. The van der Waals surface area contributed by atoms with Crippen LogP contribution in [0.5, 0.6) is 0 Å². The Kier molecular flexibility index (Phi) is 4.37. The van der Waals surface area contributed by atoms with Gasteiger partial charge in [0.1, 0.15) is 5.82 Å². The van der Waals surface area contributed by atoms with Gasteiger partial charge in [-0.15, -0.1) is 0 Å². The molecule has 4 rings (SSSR count). The predicted octanol–water partition coefficient (Wildman–Crippen LogP) is 3.19. The zero-order valence-electron chi connectivity index (χ0n) is 16.4. The van der Waals surface area contributed by atoms with Crippen LogP contribution in [0, 0.1) is 19.7 Å². The van der Waals surface area contributed by atoms with Gasteiger partial charge in [0, 0.05) is 43.4 Å². The van der Waals surface area contributed by atoms with E-state index in [1.54, 1.807) is 22.9 Å². The fourth-order valence-electron chi connectivity index (χ4n) is 3.80. The molecule has 1 aromatic carbocycles. The normalized spacial score (nSPS) is 11.5. The van der Waals surface area contributed by atoms with Gasteiger partial charge in [-0.1, -0.05) is 0 Å². The van der Waals surface area contributed by atoms with Crippen molar-refractivity contribution in [3.05, 3.63) is 58.8 Å². The molecule has 1 N–H and O–H groups in total. The van der Waals surface area contributed by atoms with Gasteiger partial charge in [0.05, 0.1) is 16.6 Å². The van der Waals surface area contributed by atoms with E-state index in [0.29, 0.717) is 24.2 Å². The minimum atomic E-state index is -0.259. The van der Waals surface area contributed by atoms with E-state index < -0.39 is 0 Å². The molecule has 3 aromatic heterocycles. The summed E-state index contributed by atoms with van der Waals surface area (Å²) in [5, 5.41) is 9.02. The highest BCUT2D eigenvalue weighted by Crippen LogP contribution is 2.23. The van der Waals surface area contributed by atoms with Crippen molar-refractivity contribution in [2.75, 3.05) is 6.54 Å². The van der Waals surface area contributed by atoms with Gasteiger partial charge < -0.3 is 9.88 Å². The highest BCUT2D eigenvalue weighted by molar-refractivity contribution is 6.06. The van der Waals surface area contributed by atoms with E-state index in [1.807, 2.05) is 38.7 Å². The zero-order chi connectivity index (χ0) is 20.0. The number of rotatable bonds is 4. The molecule has 28 heavy (non-hydrogen) atoms. The molecule has 1 amide bonds. The molecule has 0 spiro atoms. The Labute approximate surface area is 162 Å². The van der Waals surface area contributed by atoms with E-state index in [0.717, 1.165) is 33.2 Å². The van der Waals surface area contributed by atoms with Crippen LogP contribution in [-0.4, -0.2) is 31.8 Å². The molecule has 0 unspecified atom stereocenters. The molecule has 0 aliphatic carbocycles. The number of nitrogens with zero attached hydrogens (tertiary/aromatic N) is 4. The van der Waals surface area contributed by atoms with Crippen LogP contribution >= 0.6 is 0 Å². The Hall–Kier alpha value is -3.22. The van der Waals surface area contributed by atoms with Crippen LogP contribution in [0.4, 0.5) is 4.39 Å². The lowest BCUT2D eigenvalue weighted by Crippen LogP contribution is -2.26. The summed E-state index contributed by atoms with van der Waals surface area (Å²) in [6.07, 6.45) is 2.60. The van der Waals surface area contributed by atoms with Crippen molar-refractivity contribution in [3.63, 3.8) is 0 Å². The molecule has 0 aliphatic heterocycles. The van der Waals surface area contributed by atoms with Gasteiger partial charge in [-0.25, -0.2) is 9.37 Å². The molecule has 3 heterocycles. The minimum absolute atomic E-state index is 0.155. The number of benzene rings is 1.